The van der Waals surface area contributed by atoms with Crippen molar-refractivity contribution in [3.8, 4) is 0 Å². The SMILES string of the molecule is CCC(=O)[C@H](C)NC(=O)[C@@H](CC(=O)CCOCCOCCCC(=O)CCN1C(=O)CC(SC)C1=O)C(C)C. The molecule has 1 rings (SSSR count). The largest absolute Gasteiger partial charge is 0.379 e. The van der Waals surface area contributed by atoms with Gasteiger partial charge in [-0.15, -0.1) is 0 Å². The number of imide groups is 1. The van der Waals surface area contributed by atoms with E-state index in [1.54, 1.807) is 20.1 Å². The summed E-state index contributed by atoms with van der Waals surface area (Å²) in [5, 5.41) is 2.38. The Kier molecular flexibility index (Phi) is 16.3. The third-order valence-electron chi connectivity index (χ3n) is 6.52. The topological polar surface area (TPSA) is 136 Å². The molecular weight excluding hydrogens is 512 g/mol. The summed E-state index contributed by atoms with van der Waals surface area (Å²) in [4.78, 5) is 73.8. The van der Waals surface area contributed by atoms with Gasteiger partial charge in [0.15, 0.2) is 5.78 Å². The maximum absolute atomic E-state index is 12.5. The number of hydrogen-bond acceptors (Lipinski definition) is 9. The first-order valence-corrected chi connectivity index (χ1v) is 14.7. The molecule has 1 aliphatic rings. The number of carbonyl (C=O) groups excluding carboxylic acids is 6. The van der Waals surface area contributed by atoms with Gasteiger partial charge in [-0.25, -0.2) is 0 Å². The second-order valence-electron chi connectivity index (χ2n) is 9.82. The predicted molar refractivity (Wildman–Crippen MR) is 145 cm³/mol. The average Bonchev–Trinajstić information content (AvgIpc) is 3.15. The molecule has 11 heteroatoms. The van der Waals surface area contributed by atoms with Crippen molar-refractivity contribution in [2.45, 2.75) is 83.9 Å². The fourth-order valence-electron chi connectivity index (χ4n) is 4.00. The highest BCUT2D eigenvalue weighted by Gasteiger charge is 2.37. The Balaban J connectivity index is 2.12. The first-order chi connectivity index (χ1) is 18.0. The summed E-state index contributed by atoms with van der Waals surface area (Å²) in [7, 11) is 0. The van der Waals surface area contributed by atoms with Crippen molar-refractivity contribution in [1.82, 2.24) is 10.2 Å². The smallest absolute Gasteiger partial charge is 0.242 e. The van der Waals surface area contributed by atoms with Crippen LogP contribution in [0.2, 0.25) is 0 Å². The van der Waals surface area contributed by atoms with Crippen molar-refractivity contribution >= 4 is 46.8 Å². The molecule has 1 unspecified atom stereocenters. The highest BCUT2D eigenvalue weighted by atomic mass is 32.2. The fourth-order valence-corrected chi connectivity index (χ4v) is 4.64. The maximum atomic E-state index is 12.5. The molecule has 0 aliphatic carbocycles. The molecule has 216 valence electrons. The Morgan fingerprint density at radius 2 is 1.63 bits per heavy atom. The third kappa shape index (κ3) is 12.2. The summed E-state index contributed by atoms with van der Waals surface area (Å²) in [6.45, 7) is 8.53. The Hall–Kier alpha value is -2.11. The average molecular weight is 557 g/mol. The van der Waals surface area contributed by atoms with Crippen LogP contribution >= 0.6 is 11.8 Å². The molecule has 0 bridgehead atoms. The zero-order valence-corrected chi connectivity index (χ0v) is 24.2. The zero-order chi connectivity index (χ0) is 28.7. The highest BCUT2D eigenvalue weighted by Crippen LogP contribution is 2.23. The number of nitrogens with one attached hydrogen (secondary N) is 1. The third-order valence-corrected chi connectivity index (χ3v) is 7.46. The number of ketones is 3. The van der Waals surface area contributed by atoms with Crippen LogP contribution in [-0.4, -0.2) is 90.5 Å². The molecule has 1 fully saturated rings. The van der Waals surface area contributed by atoms with E-state index in [0.717, 1.165) is 0 Å². The number of ether oxygens (including phenoxy) is 2. The summed E-state index contributed by atoms with van der Waals surface area (Å²) in [5.41, 5.74) is 0. The molecule has 3 amide bonds. The fraction of sp³-hybridized carbons (Fsp3) is 0.778. The van der Waals surface area contributed by atoms with E-state index < -0.39 is 12.0 Å². The lowest BCUT2D eigenvalue weighted by molar-refractivity contribution is -0.138. The monoisotopic (exact) mass is 556 g/mol. The molecule has 1 saturated heterocycles. The molecule has 1 heterocycles. The standard InChI is InChI=1S/C27H44N2O8S/c1-6-23(32)19(4)28-26(34)22(18(2)3)16-21(31)10-13-37-15-14-36-12-7-8-20(30)9-11-29-25(33)17-24(38-5)27(29)35/h18-19,22,24H,6-17H2,1-5H3,(H,28,34)/t19-,22-,24?/m0/s1. The molecule has 3 atom stereocenters. The van der Waals surface area contributed by atoms with Crippen LogP contribution in [0.5, 0.6) is 0 Å². The van der Waals surface area contributed by atoms with Gasteiger partial charge in [-0.2, -0.15) is 11.8 Å². The van der Waals surface area contributed by atoms with Gasteiger partial charge in [0, 0.05) is 57.6 Å². The minimum absolute atomic E-state index is 0.0173. The number of rotatable bonds is 21. The van der Waals surface area contributed by atoms with Gasteiger partial charge >= 0.3 is 0 Å². The summed E-state index contributed by atoms with van der Waals surface area (Å²) in [6.07, 6.45) is 3.63. The normalized spacial score (nSPS) is 17.1. The number of Topliss-reactive ketones (excluding diaryl/α,β-unsaturated/α-hetero) is 3. The van der Waals surface area contributed by atoms with E-state index in [-0.39, 0.29) is 85.1 Å². The molecule has 0 spiro atoms. The molecule has 38 heavy (non-hydrogen) atoms. The lowest BCUT2D eigenvalue weighted by Gasteiger charge is -2.22. The summed E-state index contributed by atoms with van der Waals surface area (Å²) >= 11 is 1.35. The Bertz CT molecular complexity index is 832. The maximum Gasteiger partial charge on any atom is 0.242 e. The highest BCUT2D eigenvalue weighted by molar-refractivity contribution is 8.00. The first kappa shape index (κ1) is 33.9. The van der Waals surface area contributed by atoms with E-state index in [0.29, 0.717) is 39.1 Å². The van der Waals surface area contributed by atoms with Crippen molar-refractivity contribution in [1.29, 1.82) is 0 Å². The number of hydrogen-bond donors (Lipinski definition) is 1. The number of nitrogens with zero attached hydrogens (tertiary/aromatic N) is 1. The van der Waals surface area contributed by atoms with Crippen LogP contribution in [0, 0.1) is 11.8 Å². The van der Waals surface area contributed by atoms with Gasteiger partial charge in [-0.1, -0.05) is 20.8 Å². The van der Waals surface area contributed by atoms with E-state index in [2.05, 4.69) is 5.32 Å². The van der Waals surface area contributed by atoms with Gasteiger partial charge in [0.25, 0.3) is 0 Å². The zero-order valence-electron chi connectivity index (χ0n) is 23.4. The minimum atomic E-state index is -0.565. The Morgan fingerprint density at radius 1 is 0.974 bits per heavy atom. The van der Waals surface area contributed by atoms with Crippen molar-refractivity contribution in [2.24, 2.45) is 11.8 Å². The summed E-state index contributed by atoms with van der Waals surface area (Å²) in [5.74, 6) is -1.38. The molecule has 1 N–H and O–H groups in total. The summed E-state index contributed by atoms with van der Waals surface area (Å²) in [6, 6.07) is -0.565. The van der Waals surface area contributed by atoms with E-state index in [1.807, 2.05) is 13.8 Å². The van der Waals surface area contributed by atoms with Crippen LogP contribution in [0.15, 0.2) is 0 Å². The van der Waals surface area contributed by atoms with Gasteiger partial charge < -0.3 is 14.8 Å². The van der Waals surface area contributed by atoms with Crippen LogP contribution < -0.4 is 5.32 Å². The van der Waals surface area contributed by atoms with E-state index in [4.69, 9.17) is 9.47 Å². The molecule has 0 aromatic heterocycles. The Morgan fingerprint density at radius 3 is 2.21 bits per heavy atom. The van der Waals surface area contributed by atoms with Gasteiger partial charge in [-0.3, -0.25) is 33.7 Å². The first-order valence-electron chi connectivity index (χ1n) is 13.4. The van der Waals surface area contributed by atoms with Crippen LogP contribution in [0.25, 0.3) is 0 Å². The molecule has 0 aromatic rings. The number of carbonyl (C=O) groups is 6. The minimum Gasteiger partial charge on any atom is -0.379 e. The van der Waals surface area contributed by atoms with E-state index >= 15 is 0 Å². The van der Waals surface area contributed by atoms with Crippen molar-refractivity contribution in [3.05, 3.63) is 0 Å². The molecule has 0 saturated carbocycles. The van der Waals surface area contributed by atoms with E-state index in [1.165, 1.54) is 16.7 Å². The lowest BCUT2D eigenvalue weighted by atomic mass is 9.89. The van der Waals surface area contributed by atoms with Crippen molar-refractivity contribution < 1.29 is 38.2 Å². The molecule has 10 nitrogen and oxygen atoms in total. The predicted octanol–water partition coefficient (Wildman–Crippen LogP) is 2.35. The van der Waals surface area contributed by atoms with Gasteiger partial charge in [0.05, 0.1) is 31.1 Å². The number of amides is 3. The molecule has 0 radical (unpaired) electrons. The number of likely N-dealkylation sites (tertiary alicyclic amines) is 1. The van der Waals surface area contributed by atoms with Crippen LogP contribution in [0.4, 0.5) is 0 Å². The van der Waals surface area contributed by atoms with E-state index in [9.17, 15) is 28.8 Å². The molecule has 0 aromatic carbocycles. The second-order valence-corrected chi connectivity index (χ2v) is 10.9. The summed E-state index contributed by atoms with van der Waals surface area (Å²) < 4.78 is 10.9. The van der Waals surface area contributed by atoms with Crippen molar-refractivity contribution in [3.63, 3.8) is 0 Å². The van der Waals surface area contributed by atoms with Gasteiger partial charge in [0.1, 0.15) is 11.6 Å². The number of thioether (sulfide) groups is 1. The van der Waals surface area contributed by atoms with Gasteiger partial charge in [-0.05, 0) is 25.5 Å². The van der Waals surface area contributed by atoms with Crippen LogP contribution in [0.1, 0.15) is 72.6 Å². The quantitative estimate of drug-likeness (QED) is 0.167. The van der Waals surface area contributed by atoms with Gasteiger partial charge in [0.2, 0.25) is 17.7 Å². The molecular formula is C27H44N2O8S. The Labute approximate surface area is 230 Å². The van der Waals surface area contributed by atoms with Crippen LogP contribution in [-0.2, 0) is 38.2 Å². The second kappa shape index (κ2) is 18.2. The molecule has 1 aliphatic heterocycles. The van der Waals surface area contributed by atoms with Crippen LogP contribution in [0.3, 0.4) is 0 Å². The lowest BCUT2D eigenvalue weighted by Crippen LogP contribution is -2.43. The van der Waals surface area contributed by atoms with Crippen molar-refractivity contribution in [2.75, 3.05) is 39.2 Å².